The van der Waals surface area contributed by atoms with Crippen molar-refractivity contribution >= 4 is 72.7 Å². The number of hydrogen-bond donors (Lipinski definition) is 0. The SMILES string of the molecule is CC1(C)c2cc(N(c3cccc(-c4ccccc4)c3)c3ccccc3-c3ccccc3)ccc2-c2cc3c(N(c4cccc(-c5ccccc5)c4)c4ccccc4-c4ccccc4)c4ccccc4c(N(c4cccc(-c5ccccc5)c4)c4ccccc4-c4ccccc4)c3cc21. The maximum absolute atomic E-state index is 2.59. The van der Waals surface area contributed by atoms with Crippen LogP contribution in [0.5, 0.6) is 0 Å². The van der Waals surface area contributed by atoms with Gasteiger partial charge in [-0.15, -0.1) is 0 Å². The van der Waals surface area contributed by atoms with Crippen molar-refractivity contribution < 1.29 is 0 Å². The van der Waals surface area contributed by atoms with E-state index in [-0.39, 0.29) is 0 Å². The molecular formula is C95H69N3. The van der Waals surface area contributed by atoms with E-state index < -0.39 is 5.41 Å². The zero-order valence-electron chi connectivity index (χ0n) is 54.7. The Morgan fingerprint density at radius 1 is 0.184 bits per heavy atom. The lowest BCUT2D eigenvalue weighted by Crippen LogP contribution is -2.18. The molecule has 0 atom stereocenters. The fraction of sp³-hybridized carbons (Fsp3) is 0.0316. The average Bonchev–Trinajstić information content (AvgIpc) is 1.36. The molecule has 0 amide bonds. The van der Waals surface area contributed by atoms with Crippen LogP contribution in [0.3, 0.4) is 0 Å². The third-order valence-corrected chi connectivity index (χ3v) is 19.8. The van der Waals surface area contributed by atoms with Gasteiger partial charge in [-0.1, -0.05) is 317 Å². The Morgan fingerprint density at radius 3 is 0.878 bits per heavy atom. The second-order valence-corrected chi connectivity index (χ2v) is 25.9. The van der Waals surface area contributed by atoms with Gasteiger partial charge in [-0.25, -0.2) is 0 Å². The maximum Gasteiger partial charge on any atom is 0.0620 e. The van der Waals surface area contributed by atoms with Gasteiger partial charge in [-0.05, 0) is 151 Å². The standard InChI is InChI=1S/C95H69N3/c1-95(2)88-63-78(96(75-47-29-44-72(60-75)66-32-9-3-10-33-66)90-55-26-23-50-79(90)69-38-15-6-16-39-69)58-59-82(88)85-64-86-87(65-89(85)95)94(98(77-49-31-46-74(62-77)68-36-13-5-14-37-68)92-57-28-25-52-81(92)71-42-19-8-20-43-71)84-54-22-21-53-83(84)93(86)97(76-48-30-45-73(61-76)67-34-11-4-12-35-67)91-56-27-24-51-80(91)70-40-17-7-18-41-70/h3-65H,1-2H3. The van der Waals surface area contributed by atoms with Crippen molar-refractivity contribution in [1.29, 1.82) is 0 Å². The molecule has 0 saturated carbocycles. The highest BCUT2D eigenvalue weighted by molar-refractivity contribution is 6.25. The van der Waals surface area contributed by atoms with Crippen molar-refractivity contribution in [2.24, 2.45) is 0 Å². The highest BCUT2D eigenvalue weighted by Gasteiger charge is 2.39. The van der Waals surface area contributed by atoms with Gasteiger partial charge in [0.05, 0.1) is 28.4 Å². The predicted octanol–water partition coefficient (Wildman–Crippen LogP) is 26.7. The van der Waals surface area contributed by atoms with Gasteiger partial charge in [0, 0.05) is 66.4 Å². The molecule has 1 aliphatic carbocycles. The van der Waals surface area contributed by atoms with Crippen molar-refractivity contribution in [3.05, 3.63) is 393 Å². The van der Waals surface area contributed by atoms with Crippen molar-refractivity contribution in [2.75, 3.05) is 14.7 Å². The number of hydrogen-bond acceptors (Lipinski definition) is 3. The van der Waals surface area contributed by atoms with Crippen LogP contribution < -0.4 is 14.7 Å². The van der Waals surface area contributed by atoms with Crippen molar-refractivity contribution in [3.63, 3.8) is 0 Å². The number of benzene rings is 16. The smallest absolute Gasteiger partial charge is 0.0620 e. The van der Waals surface area contributed by atoms with Crippen LogP contribution in [-0.4, -0.2) is 0 Å². The summed E-state index contributed by atoms with van der Waals surface area (Å²) in [4.78, 5) is 7.63. The molecule has 0 N–H and O–H groups in total. The van der Waals surface area contributed by atoms with E-state index in [1.807, 2.05) is 0 Å². The van der Waals surface area contributed by atoms with E-state index >= 15 is 0 Å². The van der Waals surface area contributed by atoms with Gasteiger partial charge in [0.25, 0.3) is 0 Å². The average molecular weight is 1250 g/mol. The van der Waals surface area contributed by atoms with E-state index in [0.717, 1.165) is 134 Å². The monoisotopic (exact) mass is 1250 g/mol. The van der Waals surface area contributed by atoms with E-state index in [1.165, 1.54) is 27.8 Å². The van der Waals surface area contributed by atoms with Crippen LogP contribution in [0.1, 0.15) is 25.0 Å². The van der Waals surface area contributed by atoms with Gasteiger partial charge in [0.1, 0.15) is 0 Å². The summed E-state index contributed by atoms with van der Waals surface area (Å²) in [6.45, 7) is 4.88. The Kier molecular flexibility index (Phi) is 15.3. The minimum Gasteiger partial charge on any atom is -0.310 e. The molecular weight excluding hydrogens is 1180 g/mol. The maximum atomic E-state index is 2.59. The number of para-hydroxylation sites is 3. The molecule has 17 rings (SSSR count). The number of rotatable bonds is 15. The Bertz CT molecular complexity index is 5590. The third kappa shape index (κ3) is 10.7. The van der Waals surface area contributed by atoms with Crippen LogP contribution in [0.15, 0.2) is 382 Å². The molecule has 0 saturated heterocycles. The predicted molar refractivity (Wildman–Crippen MR) is 416 cm³/mol. The fourth-order valence-corrected chi connectivity index (χ4v) is 15.1. The fourth-order valence-electron chi connectivity index (χ4n) is 15.1. The molecule has 0 spiro atoms. The van der Waals surface area contributed by atoms with Crippen LogP contribution in [0.25, 0.3) is 99.4 Å². The van der Waals surface area contributed by atoms with Crippen LogP contribution in [0.2, 0.25) is 0 Å². The Morgan fingerprint density at radius 2 is 0.480 bits per heavy atom. The van der Waals surface area contributed by atoms with Crippen LogP contribution in [0, 0.1) is 0 Å². The molecule has 0 radical (unpaired) electrons. The zero-order chi connectivity index (χ0) is 65.5. The lowest BCUT2D eigenvalue weighted by Gasteiger charge is -2.35. The summed E-state index contributed by atoms with van der Waals surface area (Å²) in [5.74, 6) is 0. The van der Waals surface area contributed by atoms with Gasteiger partial charge in [0.15, 0.2) is 0 Å². The molecule has 0 unspecified atom stereocenters. The summed E-state index contributed by atoms with van der Waals surface area (Å²) in [5.41, 5.74) is 27.9. The lowest BCUT2D eigenvalue weighted by molar-refractivity contribution is 0.661. The van der Waals surface area contributed by atoms with Crippen LogP contribution in [-0.2, 0) is 5.41 Å². The van der Waals surface area contributed by atoms with Crippen molar-refractivity contribution in [1.82, 2.24) is 0 Å². The van der Waals surface area contributed by atoms with Gasteiger partial charge in [-0.3, -0.25) is 0 Å². The van der Waals surface area contributed by atoms with E-state index in [2.05, 4.69) is 411 Å². The van der Waals surface area contributed by atoms with E-state index in [0.29, 0.717) is 0 Å². The molecule has 0 aliphatic heterocycles. The second kappa shape index (κ2) is 25.3. The minimum absolute atomic E-state index is 0.488. The normalized spacial score (nSPS) is 12.1. The summed E-state index contributed by atoms with van der Waals surface area (Å²) in [6, 6.07) is 141. The van der Waals surface area contributed by atoms with Gasteiger partial charge in [0.2, 0.25) is 0 Å². The van der Waals surface area contributed by atoms with Crippen LogP contribution >= 0.6 is 0 Å². The summed E-state index contributed by atoms with van der Waals surface area (Å²) >= 11 is 0. The summed E-state index contributed by atoms with van der Waals surface area (Å²) in [5, 5.41) is 4.48. The lowest BCUT2D eigenvalue weighted by atomic mass is 9.81. The zero-order valence-corrected chi connectivity index (χ0v) is 54.7. The first-order chi connectivity index (χ1) is 48.4. The summed E-state index contributed by atoms with van der Waals surface area (Å²) < 4.78 is 0. The van der Waals surface area contributed by atoms with Crippen molar-refractivity contribution in [2.45, 2.75) is 19.3 Å². The highest BCUT2D eigenvalue weighted by atomic mass is 15.2. The molecule has 0 heterocycles. The summed E-state index contributed by atoms with van der Waals surface area (Å²) in [6.07, 6.45) is 0. The third-order valence-electron chi connectivity index (χ3n) is 19.8. The Hall–Kier alpha value is -12.6. The number of nitrogens with zero attached hydrogens (tertiary/aromatic N) is 3. The molecule has 98 heavy (non-hydrogen) atoms. The van der Waals surface area contributed by atoms with E-state index in [4.69, 9.17) is 0 Å². The molecule has 0 aromatic heterocycles. The first kappa shape index (κ1) is 59.2. The van der Waals surface area contributed by atoms with Gasteiger partial charge >= 0.3 is 0 Å². The van der Waals surface area contributed by atoms with E-state index in [9.17, 15) is 0 Å². The van der Waals surface area contributed by atoms with E-state index in [1.54, 1.807) is 0 Å². The molecule has 0 fully saturated rings. The first-order valence-electron chi connectivity index (χ1n) is 33.9. The Balaban J connectivity index is 0.979. The molecule has 0 bridgehead atoms. The topological polar surface area (TPSA) is 9.72 Å². The minimum atomic E-state index is -0.488. The van der Waals surface area contributed by atoms with Crippen molar-refractivity contribution in [3.8, 4) is 77.9 Å². The first-order valence-corrected chi connectivity index (χ1v) is 33.9. The molecule has 16 aromatic carbocycles. The second-order valence-electron chi connectivity index (χ2n) is 25.9. The largest absolute Gasteiger partial charge is 0.310 e. The molecule has 3 nitrogen and oxygen atoms in total. The molecule has 16 aromatic rings. The number of anilines is 9. The molecule has 1 aliphatic rings. The number of fused-ring (bicyclic) bond motifs is 5. The van der Waals surface area contributed by atoms with Crippen LogP contribution in [0.4, 0.5) is 51.2 Å². The quantitative estimate of drug-likeness (QED) is 0.0748. The molecule has 464 valence electrons. The summed E-state index contributed by atoms with van der Waals surface area (Å²) in [7, 11) is 0. The molecule has 3 heteroatoms. The van der Waals surface area contributed by atoms with Gasteiger partial charge in [-0.2, -0.15) is 0 Å². The highest BCUT2D eigenvalue weighted by Crippen LogP contribution is 2.59. The van der Waals surface area contributed by atoms with Gasteiger partial charge < -0.3 is 14.7 Å². The Labute approximate surface area is 574 Å².